The number of hydrogen-bond acceptors (Lipinski definition) is 7. The van der Waals surface area contributed by atoms with Gasteiger partial charge in [-0.15, -0.1) is 0 Å². The molecule has 2 aromatic heterocycles. The van der Waals surface area contributed by atoms with Crippen molar-refractivity contribution < 1.29 is 0 Å². The Morgan fingerprint density at radius 3 is 2.89 bits per heavy atom. The second-order valence-electron chi connectivity index (χ2n) is 9.97. The second-order valence-corrected chi connectivity index (χ2v) is 11.5. The van der Waals surface area contributed by atoms with Crippen LogP contribution in [-0.4, -0.2) is 56.1 Å². The molecule has 2 aliphatic rings. The van der Waals surface area contributed by atoms with Gasteiger partial charge in [0.25, 0.3) is 0 Å². The molecule has 3 aromatic rings. The van der Waals surface area contributed by atoms with Gasteiger partial charge in [-0.2, -0.15) is 10.4 Å². The lowest BCUT2D eigenvalue weighted by molar-refractivity contribution is 0.134. The Labute approximate surface area is 232 Å². The lowest BCUT2D eigenvalue weighted by Crippen LogP contribution is -2.46. The third kappa shape index (κ3) is 5.25. The summed E-state index contributed by atoms with van der Waals surface area (Å²) < 4.78 is 5.21. The zero-order valence-electron chi connectivity index (χ0n) is 21.3. The minimum absolute atomic E-state index is 0.246. The van der Waals surface area contributed by atoms with Gasteiger partial charge in [-0.05, 0) is 74.6 Å². The summed E-state index contributed by atoms with van der Waals surface area (Å²) in [5.74, 6) is 0.513. The quantitative estimate of drug-likeness (QED) is 0.351. The van der Waals surface area contributed by atoms with Crippen molar-refractivity contribution in [1.82, 2.24) is 29.4 Å². The highest BCUT2D eigenvalue weighted by molar-refractivity contribution is 7.96. The number of nitrogens with zero attached hydrogens (tertiary/aromatic N) is 6. The molecule has 10 heteroatoms. The predicted octanol–water partition coefficient (Wildman–Crippen LogP) is 6.13. The van der Waals surface area contributed by atoms with Crippen molar-refractivity contribution in [3.63, 3.8) is 0 Å². The monoisotopic (exact) mass is 555 g/mol. The fraction of sp³-hybridized carbons (Fsp3) is 0.481. The Morgan fingerprint density at radius 2 is 2.16 bits per heavy atom. The van der Waals surface area contributed by atoms with Crippen LogP contribution in [0.4, 0.5) is 0 Å². The van der Waals surface area contributed by atoms with Gasteiger partial charge in [0.15, 0.2) is 11.3 Å². The number of nitrogens with one attached hydrogen (secondary N) is 1. The third-order valence-corrected chi connectivity index (χ3v) is 8.75. The van der Waals surface area contributed by atoms with E-state index in [0.717, 1.165) is 30.6 Å². The van der Waals surface area contributed by atoms with E-state index in [2.05, 4.69) is 45.0 Å². The van der Waals surface area contributed by atoms with Crippen LogP contribution >= 0.6 is 35.1 Å². The number of aromatic nitrogens is 4. The maximum atomic E-state index is 9.69. The van der Waals surface area contributed by atoms with Crippen LogP contribution in [0, 0.1) is 17.2 Å². The number of likely N-dealkylation sites (tertiary alicyclic amines) is 1. The van der Waals surface area contributed by atoms with Crippen LogP contribution in [-0.2, 0) is 0 Å². The van der Waals surface area contributed by atoms with Crippen LogP contribution in [0.1, 0.15) is 62.5 Å². The standard InChI is InChI=1S/C27H31Cl2N7S/c1-16-11-18(6-9-25(16)35-10-4-5-20(35)14-32-37-3)24-15-31-26-23(13-30)34-36(27(26)33-24)17(2)21-8-7-19(28)12-22(21)29/h6-8,12,15-17,20,25,32H,4-5,9-11,14H2,1-3H3/t16-,17-,20+,25+/m1/s1. The summed E-state index contributed by atoms with van der Waals surface area (Å²) in [6.45, 7) is 6.54. The van der Waals surface area contributed by atoms with Crippen LogP contribution in [0.5, 0.6) is 0 Å². The topological polar surface area (TPSA) is 82.7 Å². The minimum Gasteiger partial charge on any atom is -0.296 e. The fourth-order valence-corrected chi connectivity index (χ4v) is 6.73. The van der Waals surface area contributed by atoms with Crippen molar-refractivity contribution in [3.05, 3.63) is 57.5 Å². The molecule has 0 radical (unpaired) electrons. The molecule has 1 saturated heterocycles. The Kier molecular flexibility index (Phi) is 8.08. The first-order valence-corrected chi connectivity index (χ1v) is 14.7. The first-order valence-electron chi connectivity index (χ1n) is 12.7. The predicted molar refractivity (Wildman–Crippen MR) is 152 cm³/mol. The normalized spacial score (nSPS) is 23.2. The average Bonchev–Trinajstić information content (AvgIpc) is 3.51. The summed E-state index contributed by atoms with van der Waals surface area (Å²) in [6, 6.07) is 8.48. The van der Waals surface area contributed by atoms with Crippen LogP contribution in [0.15, 0.2) is 30.5 Å². The van der Waals surface area contributed by atoms with Crippen molar-refractivity contribution in [2.75, 3.05) is 19.3 Å². The van der Waals surface area contributed by atoms with Crippen LogP contribution in [0.25, 0.3) is 16.7 Å². The van der Waals surface area contributed by atoms with E-state index < -0.39 is 0 Å². The van der Waals surface area contributed by atoms with E-state index >= 15 is 0 Å². The van der Waals surface area contributed by atoms with E-state index in [-0.39, 0.29) is 11.7 Å². The van der Waals surface area contributed by atoms with Gasteiger partial charge in [0.05, 0.1) is 17.9 Å². The number of nitriles is 1. The van der Waals surface area contributed by atoms with E-state index in [4.69, 9.17) is 28.2 Å². The SMILES string of the molecule is CSNC[C@@H]1CCCN1[C@H]1CC=C(c2cnc3c(C#N)nn([C@H](C)c4ccc(Cl)cc4Cl)c3n2)C[C@H]1C. The van der Waals surface area contributed by atoms with Gasteiger partial charge in [-0.3, -0.25) is 9.62 Å². The molecule has 1 aliphatic heterocycles. The zero-order valence-corrected chi connectivity index (χ0v) is 23.6. The summed E-state index contributed by atoms with van der Waals surface area (Å²) in [5, 5.41) is 15.4. The number of rotatable bonds is 7. The van der Waals surface area contributed by atoms with Gasteiger partial charge in [-0.25, -0.2) is 14.6 Å². The van der Waals surface area contributed by atoms with Gasteiger partial charge in [0.2, 0.25) is 0 Å². The summed E-state index contributed by atoms with van der Waals surface area (Å²) in [4.78, 5) is 12.4. The fourth-order valence-electron chi connectivity index (χ4n) is 5.81. The Morgan fingerprint density at radius 1 is 1.32 bits per heavy atom. The average molecular weight is 557 g/mol. The highest BCUT2D eigenvalue weighted by Crippen LogP contribution is 2.37. The number of allylic oxidation sites excluding steroid dienone is 1. The summed E-state index contributed by atoms with van der Waals surface area (Å²) in [5.41, 5.74) is 4.27. The summed E-state index contributed by atoms with van der Waals surface area (Å²) in [6.07, 6.45) is 10.7. The van der Waals surface area contributed by atoms with Crippen LogP contribution < -0.4 is 4.72 Å². The molecule has 1 N–H and O–H groups in total. The highest BCUT2D eigenvalue weighted by Gasteiger charge is 2.35. The van der Waals surface area contributed by atoms with E-state index in [1.165, 1.54) is 25.0 Å². The molecule has 1 fully saturated rings. The lowest BCUT2D eigenvalue weighted by Gasteiger charge is -2.39. The number of benzene rings is 1. The largest absolute Gasteiger partial charge is 0.296 e. The Bertz CT molecular complexity index is 1360. The van der Waals surface area contributed by atoms with Crippen molar-refractivity contribution in [1.29, 1.82) is 5.26 Å². The van der Waals surface area contributed by atoms with Gasteiger partial charge in [-0.1, -0.05) is 54.2 Å². The molecule has 194 valence electrons. The number of hydrogen-bond donors (Lipinski definition) is 1. The molecule has 1 aromatic carbocycles. The molecule has 0 unspecified atom stereocenters. The van der Waals surface area contributed by atoms with Gasteiger partial charge < -0.3 is 0 Å². The molecule has 7 nitrogen and oxygen atoms in total. The molecule has 0 amide bonds. The van der Waals surface area contributed by atoms with E-state index in [1.807, 2.05) is 13.0 Å². The molecular weight excluding hydrogens is 525 g/mol. The lowest BCUT2D eigenvalue weighted by atomic mass is 9.83. The van der Waals surface area contributed by atoms with Crippen molar-refractivity contribution in [3.8, 4) is 6.07 Å². The van der Waals surface area contributed by atoms with Crippen molar-refractivity contribution >= 4 is 51.9 Å². The van der Waals surface area contributed by atoms with Gasteiger partial charge in [0.1, 0.15) is 11.6 Å². The molecule has 4 atom stereocenters. The molecular formula is C27H31Cl2N7S. The molecule has 37 heavy (non-hydrogen) atoms. The highest BCUT2D eigenvalue weighted by atomic mass is 35.5. The molecule has 0 bridgehead atoms. The Hall–Kier alpha value is -2.15. The second kappa shape index (κ2) is 11.3. The molecule has 3 heterocycles. The third-order valence-electron chi connectivity index (χ3n) is 7.73. The smallest absolute Gasteiger partial charge is 0.190 e. The summed E-state index contributed by atoms with van der Waals surface area (Å²) in [7, 11) is 0. The van der Waals surface area contributed by atoms with Crippen molar-refractivity contribution in [2.45, 2.75) is 57.7 Å². The minimum atomic E-state index is -0.246. The van der Waals surface area contributed by atoms with E-state index in [1.54, 1.807) is 35.0 Å². The maximum absolute atomic E-state index is 9.69. The first-order chi connectivity index (χ1) is 17.9. The zero-order chi connectivity index (χ0) is 26.1. The number of fused-ring (bicyclic) bond motifs is 1. The van der Waals surface area contributed by atoms with Crippen molar-refractivity contribution in [2.24, 2.45) is 5.92 Å². The molecule has 1 aliphatic carbocycles. The molecule has 0 saturated carbocycles. The first kappa shape index (κ1) is 26.5. The van der Waals surface area contributed by atoms with Gasteiger partial charge in [0, 0.05) is 28.7 Å². The van der Waals surface area contributed by atoms with Crippen LogP contribution in [0.3, 0.4) is 0 Å². The maximum Gasteiger partial charge on any atom is 0.190 e. The molecule has 5 rings (SSSR count). The number of halogens is 2. The Balaban J connectivity index is 1.45. The van der Waals surface area contributed by atoms with E-state index in [9.17, 15) is 5.26 Å². The van der Waals surface area contributed by atoms with E-state index in [0.29, 0.717) is 39.2 Å². The molecule has 0 spiro atoms. The van der Waals surface area contributed by atoms with Crippen LogP contribution in [0.2, 0.25) is 10.0 Å². The summed E-state index contributed by atoms with van der Waals surface area (Å²) >= 11 is 14.3. The van der Waals surface area contributed by atoms with Gasteiger partial charge >= 0.3 is 0 Å².